The second-order valence-electron chi connectivity index (χ2n) is 6.28. The highest BCUT2D eigenvalue weighted by molar-refractivity contribution is 5.96. The lowest BCUT2D eigenvalue weighted by Gasteiger charge is -2.08. The SMILES string of the molecule is O=C(Cc1ccccc1)Nc1ccc(C(=O)NCCNC(=O)c2ccco2)cc1. The number of amides is 3. The number of carbonyl (C=O) groups is 3. The number of furan rings is 1. The Kier molecular flexibility index (Phi) is 6.78. The first kappa shape index (κ1) is 19.9. The molecule has 1 aromatic heterocycles. The predicted octanol–water partition coefficient (Wildman–Crippen LogP) is 2.62. The molecule has 0 saturated heterocycles. The average Bonchev–Trinajstić information content (AvgIpc) is 3.27. The van der Waals surface area contributed by atoms with Crippen molar-refractivity contribution >= 4 is 23.4 Å². The molecule has 3 amide bonds. The van der Waals surface area contributed by atoms with Crippen LogP contribution < -0.4 is 16.0 Å². The van der Waals surface area contributed by atoms with E-state index in [1.165, 1.54) is 6.26 Å². The molecule has 0 atom stereocenters. The van der Waals surface area contributed by atoms with Crippen LogP contribution in [0.4, 0.5) is 5.69 Å². The summed E-state index contributed by atoms with van der Waals surface area (Å²) in [5.41, 5.74) is 2.01. The van der Waals surface area contributed by atoms with Crippen molar-refractivity contribution < 1.29 is 18.8 Å². The molecule has 0 aliphatic rings. The van der Waals surface area contributed by atoms with E-state index >= 15 is 0 Å². The standard InChI is InChI=1S/C22H21N3O4/c26-20(15-16-5-2-1-3-6-16)25-18-10-8-17(9-11-18)21(27)23-12-13-24-22(28)19-7-4-14-29-19/h1-11,14H,12-13,15H2,(H,23,27)(H,24,28)(H,25,26). The normalized spacial score (nSPS) is 10.2. The van der Waals surface area contributed by atoms with Crippen LogP contribution >= 0.6 is 0 Å². The number of benzene rings is 2. The molecule has 1 heterocycles. The minimum atomic E-state index is -0.333. The van der Waals surface area contributed by atoms with Crippen molar-refractivity contribution in [3.05, 3.63) is 89.9 Å². The topological polar surface area (TPSA) is 100 Å². The largest absolute Gasteiger partial charge is 0.459 e. The van der Waals surface area contributed by atoms with Gasteiger partial charge in [0.25, 0.3) is 11.8 Å². The zero-order valence-electron chi connectivity index (χ0n) is 15.7. The minimum Gasteiger partial charge on any atom is -0.459 e. The molecule has 7 nitrogen and oxygen atoms in total. The van der Waals surface area contributed by atoms with Gasteiger partial charge in [0.05, 0.1) is 12.7 Å². The third-order valence-electron chi connectivity index (χ3n) is 4.08. The first-order chi connectivity index (χ1) is 14.1. The van der Waals surface area contributed by atoms with Crippen LogP contribution in [0.2, 0.25) is 0 Å². The molecule has 0 aliphatic carbocycles. The molecule has 0 saturated carbocycles. The summed E-state index contributed by atoms with van der Waals surface area (Å²) >= 11 is 0. The van der Waals surface area contributed by atoms with Crippen LogP contribution in [-0.2, 0) is 11.2 Å². The van der Waals surface area contributed by atoms with Gasteiger partial charge in [-0.15, -0.1) is 0 Å². The van der Waals surface area contributed by atoms with Crippen molar-refractivity contribution in [2.45, 2.75) is 6.42 Å². The van der Waals surface area contributed by atoms with Gasteiger partial charge in [0.15, 0.2) is 5.76 Å². The molecule has 3 N–H and O–H groups in total. The Hall–Kier alpha value is -3.87. The number of carbonyl (C=O) groups excluding carboxylic acids is 3. The van der Waals surface area contributed by atoms with E-state index in [2.05, 4.69) is 16.0 Å². The van der Waals surface area contributed by atoms with Gasteiger partial charge in [-0.3, -0.25) is 14.4 Å². The molecule has 0 radical (unpaired) electrons. The van der Waals surface area contributed by atoms with Crippen molar-refractivity contribution in [1.29, 1.82) is 0 Å². The van der Waals surface area contributed by atoms with Gasteiger partial charge in [-0.25, -0.2) is 0 Å². The summed E-state index contributed by atoms with van der Waals surface area (Å²) in [5, 5.41) is 8.18. The molecule has 29 heavy (non-hydrogen) atoms. The summed E-state index contributed by atoms with van der Waals surface area (Å²) in [4.78, 5) is 36.0. The Labute approximate surface area is 168 Å². The maximum atomic E-state index is 12.2. The molecule has 2 aromatic carbocycles. The Morgan fingerprint density at radius 3 is 2.10 bits per heavy atom. The molecule has 148 valence electrons. The Balaban J connectivity index is 1.41. The van der Waals surface area contributed by atoms with E-state index in [-0.39, 0.29) is 43.0 Å². The second kappa shape index (κ2) is 9.89. The van der Waals surface area contributed by atoms with Crippen LogP contribution in [-0.4, -0.2) is 30.8 Å². The molecule has 0 fully saturated rings. The van der Waals surface area contributed by atoms with Crippen LogP contribution in [0, 0.1) is 0 Å². The molecule has 3 aromatic rings. The van der Waals surface area contributed by atoms with Gasteiger partial charge in [0.2, 0.25) is 5.91 Å². The second-order valence-corrected chi connectivity index (χ2v) is 6.28. The highest BCUT2D eigenvalue weighted by atomic mass is 16.3. The van der Waals surface area contributed by atoms with Crippen molar-refractivity contribution in [3.63, 3.8) is 0 Å². The highest BCUT2D eigenvalue weighted by Gasteiger charge is 2.09. The quantitative estimate of drug-likeness (QED) is 0.514. The first-order valence-corrected chi connectivity index (χ1v) is 9.15. The molecule has 0 spiro atoms. The minimum absolute atomic E-state index is 0.124. The molecule has 0 bridgehead atoms. The zero-order chi connectivity index (χ0) is 20.5. The zero-order valence-corrected chi connectivity index (χ0v) is 15.7. The maximum absolute atomic E-state index is 12.2. The molecule has 7 heteroatoms. The van der Waals surface area contributed by atoms with Gasteiger partial charge in [0, 0.05) is 24.3 Å². The fraction of sp³-hybridized carbons (Fsp3) is 0.136. The molecule has 0 unspecified atom stereocenters. The number of hydrogen-bond donors (Lipinski definition) is 3. The summed E-state index contributed by atoms with van der Waals surface area (Å²) in [5.74, 6) is -0.499. The predicted molar refractivity (Wildman–Crippen MR) is 109 cm³/mol. The van der Waals surface area contributed by atoms with E-state index in [9.17, 15) is 14.4 Å². The summed E-state index contributed by atoms with van der Waals surface area (Å²) < 4.78 is 4.99. The Morgan fingerprint density at radius 2 is 1.45 bits per heavy atom. The van der Waals surface area contributed by atoms with Crippen LogP contribution in [0.25, 0.3) is 0 Å². The molecule has 0 aliphatic heterocycles. The van der Waals surface area contributed by atoms with E-state index in [0.717, 1.165) is 5.56 Å². The van der Waals surface area contributed by atoms with E-state index in [1.54, 1.807) is 36.4 Å². The smallest absolute Gasteiger partial charge is 0.287 e. The summed E-state index contributed by atoms with van der Waals surface area (Å²) in [6.07, 6.45) is 1.71. The molecule has 3 rings (SSSR count). The summed E-state index contributed by atoms with van der Waals surface area (Å²) in [6.45, 7) is 0.555. The van der Waals surface area contributed by atoms with Gasteiger partial charge in [0.1, 0.15) is 0 Å². The van der Waals surface area contributed by atoms with Crippen LogP contribution in [0.15, 0.2) is 77.4 Å². The van der Waals surface area contributed by atoms with Crippen LogP contribution in [0.1, 0.15) is 26.5 Å². The third kappa shape index (κ3) is 6.07. The van der Waals surface area contributed by atoms with E-state index in [4.69, 9.17) is 4.42 Å². The summed E-state index contributed by atoms with van der Waals surface area (Å²) in [6, 6.07) is 19.3. The van der Waals surface area contributed by atoms with E-state index in [0.29, 0.717) is 11.3 Å². The lowest BCUT2D eigenvalue weighted by molar-refractivity contribution is -0.115. The van der Waals surface area contributed by atoms with Gasteiger partial charge < -0.3 is 20.4 Å². The molecular formula is C22H21N3O4. The first-order valence-electron chi connectivity index (χ1n) is 9.15. The average molecular weight is 391 g/mol. The molecular weight excluding hydrogens is 370 g/mol. The fourth-order valence-corrected chi connectivity index (χ4v) is 2.64. The Morgan fingerprint density at radius 1 is 0.759 bits per heavy atom. The van der Waals surface area contributed by atoms with Crippen molar-refractivity contribution in [2.75, 3.05) is 18.4 Å². The van der Waals surface area contributed by atoms with Gasteiger partial charge in [-0.2, -0.15) is 0 Å². The van der Waals surface area contributed by atoms with Crippen molar-refractivity contribution in [1.82, 2.24) is 10.6 Å². The van der Waals surface area contributed by atoms with Crippen molar-refractivity contribution in [2.24, 2.45) is 0 Å². The fourth-order valence-electron chi connectivity index (χ4n) is 2.64. The number of anilines is 1. The monoisotopic (exact) mass is 391 g/mol. The third-order valence-corrected chi connectivity index (χ3v) is 4.08. The van der Waals surface area contributed by atoms with Gasteiger partial charge in [-0.05, 0) is 42.0 Å². The number of nitrogens with one attached hydrogen (secondary N) is 3. The highest BCUT2D eigenvalue weighted by Crippen LogP contribution is 2.10. The van der Waals surface area contributed by atoms with Gasteiger partial charge >= 0.3 is 0 Å². The Bertz CT molecular complexity index is 951. The van der Waals surface area contributed by atoms with E-state index in [1.807, 2.05) is 30.3 Å². The lowest BCUT2D eigenvalue weighted by atomic mass is 10.1. The van der Waals surface area contributed by atoms with Crippen molar-refractivity contribution in [3.8, 4) is 0 Å². The number of rotatable bonds is 8. The van der Waals surface area contributed by atoms with Gasteiger partial charge in [-0.1, -0.05) is 30.3 Å². The number of hydrogen-bond acceptors (Lipinski definition) is 4. The van der Waals surface area contributed by atoms with E-state index < -0.39 is 0 Å². The summed E-state index contributed by atoms with van der Waals surface area (Å²) in [7, 11) is 0. The van der Waals surface area contributed by atoms with Crippen LogP contribution in [0.5, 0.6) is 0 Å². The van der Waals surface area contributed by atoms with Crippen LogP contribution in [0.3, 0.4) is 0 Å². The lowest BCUT2D eigenvalue weighted by Crippen LogP contribution is -2.34. The maximum Gasteiger partial charge on any atom is 0.287 e.